The van der Waals surface area contributed by atoms with Gasteiger partial charge in [-0.15, -0.1) is 0 Å². The van der Waals surface area contributed by atoms with Gasteiger partial charge in [0.05, 0.1) is 23.9 Å². The molecule has 0 aliphatic carbocycles. The van der Waals surface area contributed by atoms with Crippen molar-refractivity contribution in [1.29, 1.82) is 0 Å². The summed E-state index contributed by atoms with van der Waals surface area (Å²) in [5.74, 6) is -0.595. The van der Waals surface area contributed by atoms with Crippen molar-refractivity contribution >= 4 is 11.6 Å². The zero-order valence-electron chi connectivity index (χ0n) is 10.7. The standard InChI is InChI=1S/C12H18N4O3/c13-9-6-16(15-10(9)11(14)17)8-1-3-19-12(5-8)2-4-18-7-12/h6,8H,1-5,7,13H2,(H2,14,17). The van der Waals surface area contributed by atoms with Crippen molar-refractivity contribution in [2.45, 2.75) is 30.9 Å². The molecule has 3 rings (SSSR count). The predicted molar refractivity (Wildman–Crippen MR) is 67.5 cm³/mol. The van der Waals surface area contributed by atoms with Gasteiger partial charge in [-0.1, -0.05) is 0 Å². The Hall–Kier alpha value is -1.60. The van der Waals surface area contributed by atoms with Gasteiger partial charge in [0, 0.05) is 32.3 Å². The summed E-state index contributed by atoms with van der Waals surface area (Å²) < 4.78 is 13.1. The Morgan fingerprint density at radius 3 is 3.00 bits per heavy atom. The molecular weight excluding hydrogens is 248 g/mol. The van der Waals surface area contributed by atoms with Crippen LogP contribution in [0.1, 0.15) is 35.8 Å². The van der Waals surface area contributed by atoms with Gasteiger partial charge in [0.1, 0.15) is 0 Å². The number of amides is 1. The third-order valence-electron chi connectivity index (χ3n) is 3.90. The summed E-state index contributed by atoms with van der Waals surface area (Å²) in [6, 6.07) is 0.172. The van der Waals surface area contributed by atoms with E-state index in [1.54, 1.807) is 10.9 Å². The van der Waals surface area contributed by atoms with Gasteiger partial charge in [-0.25, -0.2) is 0 Å². The Labute approximate surface area is 110 Å². The highest BCUT2D eigenvalue weighted by atomic mass is 16.6. The third kappa shape index (κ3) is 2.19. The molecule has 2 saturated heterocycles. The summed E-state index contributed by atoms with van der Waals surface area (Å²) in [7, 11) is 0. The number of rotatable bonds is 2. The normalized spacial score (nSPS) is 30.8. The van der Waals surface area contributed by atoms with E-state index in [1.165, 1.54) is 0 Å². The van der Waals surface area contributed by atoms with Crippen molar-refractivity contribution in [2.75, 3.05) is 25.6 Å². The number of hydrogen-bond acceptors (Lipinski definition) is 5. The molecule has 1 aromatic rings. The fourth-order valence-electron chi connectivity index (χ4n) is 2.88. The van der Waals surface area contributed by atoms with Crippen LogP contribution in [0.25, 0.3) is 0 Å². The van der Waals surface area contributed by atoms with Crippen LogP contribution in [0.15, 0.2) is 6.20 Å². The molecule has 1 spiro atoms. The number of ether oxygens (including phenoxy) is 2. The number of nitrogens with two attached hydrogens (primary N) is 2. The highest BCUT2D eigenvalue weighted by Gasteiger charge is 2.41. The predicted octanol–water partition coefficient (Wildman–Crippen LogP) is 0.0748. The van der Waals surface area contributed by atoms with Crippen LogP contribution in [0.3, 0.4) is 0 Å². The number of nitrogen functional groups attached to an aromatic ring is 1. The van der Waals surface area contributed by atoms with Gasteiger partial charge in [-0.2, -0.15) is 5.10 Å². The molecule has 4 N–H and O–H groups in total. The van der Waals surface area contributed by atoms with Crippen molar-refractivity contribution in [3.05, 3.63) is 11.9 Å². The largest absolute Gasteiger partial charge is 0.396 e. The lowest BCUT2D eigenvalue weighted by Crippen LogP contribution is -2.41. The number of anilines is 1. The molecule has 2 aliphatic rings. The monoisotopic (exact) mass is 266 g/mol. The van der Waals surface area contributed by atoms with E-state index in [2.05, 4.69) is 5.10 Å². The summed E-state index contributed by atoms with van der Waals surface area (Å²) >= 11 is 0. The lowest BCUT2D eigenvalue weighted by Gasteiger charge is -2.37. The molecule has 2 atom stereocenters. The molecule has 7 heteroatoms. The first-order valence-corrected chi connectivity index (χ1v) is 6.46. The van der Waals surface area contributed by atoms with Gasteiger partial charge in [0.25, 0.3) is 5.91 Å². The minimum atomic E-state index is -0.595. The van der Waals surface area contributed by atoms with Gasteiger partial charge in [0.2, 0.25) is 0 Å². The molecule has 2 unspecified atom stereocenters. The third-order valence-corrected chi connectivity index (χ3v) is 3.90. The van der Waals surface area contributed by atoms with Crippen LogP contribution in [-0.4, -0.2) is 41.1 Å². The van der Waals surface area contributed by atoms with Gasteiger partial charge in [0.15, 0.2) is 5.69 Å². The molecule has 104 valence electrons. The fraction of sp³-hybridized carbons (Fsp3) is 0.667. The van der Waals surface area contributed by atoms with E-state index in [9.17, 15) is 4.79 Å². The van der Waals surface area contributed by atoms with Crippen LogP contribution < -0.4 is 11.5 Å². The Morgan fingerprint density at radius 2 is 2.37 bits per heavy atom. The molecule has 0 bridgehead atoms. The summed E-state index contributed by atoms with van der Waals surface area (Å²) in [6.07, 6.45) is 4.26. The molecule has 2 aliphatic heterocycles. The maximum atomic E-state index is 11.2. The van der Waals surface area contributed by atoms with E-state index in [0.717, 1.165) is 25.9 Å². The summed E-state index contributed by atoms with van der Waals surface area (Å²) in [5, 5.41) is 4.21. The second-order valence-electron chi connectivity index (χ2n) is 5.26. The number of primary amides is 1. The molecule has 0 saturated carbocycles. The average molecular weight is 266 g/mol. The first-order chi connectivity index (χ1) is 9.10. The Balaban J connectivity index is 1.82. The molecule has 1 amide bonds. The fourth-order valence-corrected chi connectivity index (χ4v) is 2.88. The smallest absolute Gasteiger partial charge is 0.271 e. The number of aromatic nitrogens is 2. The van der Waals surface area contributed by atoms with E-state index in [0.29, 0.717) is 18.9 Å². The lowest BCUT2D eigenvalue weighted by atomic mass is 9.90. The lowest BCUT2D eigenvalue weighted by molar-refractivity contribution is -0.0962. The summed E-state index contributed by atoms with van der Waals surface area (Å²) in [5.41, 5.74) is 11.3. The molecule has 0 radical (unpaired) electrons. The highest BCUT2D eigenvalue weighted by molar-refractivity contribution is 5.95. The van der Waals surface area contributed by atoms with Crippen LogP contribution in [0.2, 0.25) is 0 Å². The zero-order valence-corrected chi connectivity index (χ0v) is 10.7. The number of carbonyl (C=O) groups excluding carboxylic acids is 1. The van der Waals surface area contributed by atoms with Gasteiger partial charge < -0.3 is 20.9 Å². The van der Waals surface area contributed by atoms with E-state index >= 15 is 0 Å². The van der Waals surface area contributed by atoms with E-state index < -0.39 is 5.91 Å². The number of carbonyl (C=O) groups is 1. The summed E-state index contributed by atoms with van der Waals surface area (Å²) in [6.45, 7) is 2.03. The maximum Gasteiger partial charge on any atom is 0.271 e. The van der Waals surface area contributed by atoms with Crippen LogP contribution in [0.4, 0.5) is 5.69 Å². The number of hydrogen-bond donors (Lipinski definition) is 2. The molecule has 3 heterocycles. The van der Waals surface area contributed by atoms with E-state index in [-0.39, 0.29) is 17.3 Å². The molecular formula is C12H18N4O3. The minimum absolute atomic E-state index is 0.142. The highest BCUT2D eigenvalue weighted by Crippen LogP contribution is 2.38. The van der Waals surface area contributed by atoms with E-state index in [4.69, 9.17) is 20.9 Å². The zero-order chi connectivity index (χ0) is 13.5. The first-order valence-electron chi connectivity index (χ1n) is 6.46. The van der Waals surface area contributed by atoms with Crippen molar-refractivity contribution in [3.63, 3.8) is 0 Å². The molecule has 2 fully saturated rings. The van der Waals surface area contributed by atoms with Crippen molar-refractivity contribution in [2.24, 2.45) is 5.73 Å². The van der Waals surface area contributed by atoms with E-state index in [1.807, 2.05) is 0 Å². The van der Waals surface area contributed by atoms with Crippen LogP contribution in [-0.2, 0) is 9.47 Å². The van der Waals surface area contributed by atoms with Gasteiger partial charge in [-0.05, 0) is 6.42 Å². The second kappa shape index (κ2) is 4.50. The first kappa shape index (κ1) is 12.4. The van der Waals surface area contributed by atoms with Crippen LogP contribution in [0, 0.1) is 0 Å². The average Bonchev–Trinajstić information content (AvgIpc) is 2.97. The Kier molecular flexibility index (Phi) is 2.94. The number of nitrogens with zero attached hydrogens (tertiary/aromatic N) is 2. The van der Waals surface area contributed by atoms with Crippen LogP contribution in [0.5, 0.6) is 0 Å². The van der Waals surface area contributed by atoms with Crippen LogP contribution >= 0.6 is 0 Å². The molecule has 1 aromatic heterocycles. The Bertz CT molecular complexity index is 493. The Morgan fingerprint density at radius 1 is 1.53 bits per heavy atom. The van der Waals surface area contributed by atoms with Gasteiger partial charge >= 0.3 is 0 Å². The van der Waals surface area contributed by atoms with Crippen molar-refractivity contribution in [1.82, 2.24) is 9.78 Å². The van der Waals surface area contributed by atoms with Gasteiger partial charge in [-0.3, -0.25) is 9.48 Å². The summed E-state index contributed by atoms with van der Waals surface area (Å²) in [4.78, 5) is 11.2. The van der Waals surface area contributed by atoms with Crippen molar-refractivity contribution in [3.8, 4) is 0 Å². The maximum absolute atomic E-state index is 11.2. The van der Waals surface area contributed by atoms with Crippen molar-refractivity contribution < 1.29 is 14.3 Å². The molecule has 19 heavy (non-hydrogen) atoms. The minimum Gasteiger partial charge on any atom is -0.396 e. The molecule has 7 nitrogen and oxygen atoms in total. The molecule has 0 aromatic carbocycles. The second-order valence-corrected chi connectivity index (χ2v) is 5.26. The topological polar surface area (TPSA) is 105 Å². The quantitative estimate of drug-likeness (QED) is 0.788. The SMILES string of the molecule is NC(=O)c1nn(C2CCOC3(CCOC3)C2)cc1N.